The first-order chi connectivity index (χ1) is 12.7. The van der Waals surface area contributed by atoms with Gasteiger partial charge in [0.15, 0.2) is 0 Å². The molecule has 0 radical (unpaired) electrons. The van der Waals surface area contributed by atoms with Gasteiger partial charge in [-0.1, -0.05) is 12.2 Å². The first-order valence-electron chi connectivity index (χ1n) is 10.4. The van der Waals surface area contributed by atoms with Crippen LogP contribution in [-0.2, 0) is 9.53 Å². The summed E-state index contributed by atoms with van der Waals surface area (Å²) >= 11 is 0. The number of nitrogens with one attached hydrogen (secondary N) is 1. The van der Waals surface area contributed by atoms with Crippen molar-refractivity contribution in [3.63, 3.8) is 0 Å². The van der Waals surface area contributed by atoms with Gasteiger partial charge in [-0.05, 0) is 26.2 Å². The van der Waals surface area contributed by atoms with Crippen molar-refractivity contribution in [3.05, 3.63) is 12.2 Å². The molecule has 3 aliphatic rings. The summed E-state index contributed by atoms with van der Waals surface area (Å²) in [6, 6.07) is 0. The van der Waals surface area contributed by atoms with Gasteiger partial charge in [-0.2, -0.15) is 0 Å². The van der Waals surface area contributed by atoms with E-state index in [4.69, 9.17) is 4.74 Å². The highest BCUT2D eigenvalue weighted by Crippen LogP contribution is 2.18. The highest BCUT2D eigenvalue weighted by atomic mass is 16.6. The first-order valence-corrected chi connectivity index (χ1v) is 10.4. The molecule has 0 aromatic carbocycles. The Labute approximate surface area is 157 Å². The molecule has 0 aromatic rings. The molecule has 2 saturated heterocycles. The van der Waals surface area contributed by atoms with E-state index in [0.717, 1.165) is 31.8 Å². The third kappa shape index (κ3) is 5.00. The summed E-state index contributed by atoms with van der Waals surface area (Å²) in [5, 5.41) is 0. The third-order valence-corrected chi connectivity index (χ3v) is 6.11. The van der Waals surface area contributed by atoms with Crippen LogP contribution in [0, 0.1) is 11.8 Å². The minimum atomic E-state index is -0.255. The Kier molecular flexibility index (Phi) is 6.94. The number of rotatable bonds is 4. The lowest BCUT2D eigenvalue weighted by atomic mass is 9.91. The van der Waals surface area contributed by atoms with Crippen LogP contribution < -0.4 is 4.90 Å². The van der Waals surface area contributed by atoms with Crippen LogP contribution in [-0.4, -0.2) is 74.2 Å². The van der Waals surface area contributed by atoms with Crippen molar-refractivity contribution < 1.29 is 19.2 Å². The van der Waals surface area contributed by atoms with Gasteiger partial charge in [0.25, 0.3) is 0 Å². The average Bonchev–Trinajstić information content (AvgIpc) is 2.69. The molecule has 2 heterocycles. The molecule has 0 unspecified atom stereocenters. The van der Waals surface area contributed by atoms with Crippen molar-refractivity contribution in [3.8, 4) is 0 Å². The Morgan fingerprint density at radius 2 is 1.73 bits per heavy atom. The van der Waals surface area contributed by atoms with E-state index >= 15 is 0 Å². The van der Waals surface area contributed by atoms with Crippen LogP contribution in [0.3, 0.4) is 0 Å². The van der Waals surface area contributed by atoms with Gasteiger partial charge in [0, 0.05) is 50.9 Å². The number of nitrogens with zero attached hydrogens (tertiary/aromatic N) is 2. The van der Waals surface area contributed by atoms with Crippen molar-refractivity contribution in [1.29, 1.82) is 0 Å². The van der Waals surface area contributed by atoms with Crippen molar-refractivity contribution in [2.75, 3.05) is 52.4 Å². The SMILES string of the molecule is CCOC(=O)N1CCN(C(=O)C2CC[NH+](C[C@H]3CC=CCC3)CC2)CC1. The molecule has 2 aliphatic heterocycles. The average molecular weight is 365 g/mol. The topological polar surface area (TPSA) is 54.3 Å². The number of hydrogen-bond donors (Lipinski definition) is 1. The van der Waals surface area contributed by atoms with Crippen LogP contribution in [0.15, 0.2) is 12.2 Å². The fraction of sp³-hybridized carbons (Fsp3) is 0.800. The van der Waals surface area contributed by atoms with Crippen LogP contribution in [0.1, 0.15) is 39.0 Å². The number of hydrogen-bond acceptors (Lipinski definition) is 3. The minimum absolute atomic E-state index is 0.180. The van der Waals surface area contributed by atoms with Crippen LogP contribution in [0.2, 0.25) is 0 Å². The molecule has 26 heavy (non-hydrogen) atoms. The lowest BCUT2D eigenvalue weighted by Crippen LogP contribution is -3.13. The van der Waals surface area contributed by atoms with Gasteiger partial charge in [-0.3, -0.25) is 4.79 Å². The number of likely N-dealkylation sites (tertiary alicyclic amines) is 1. The van der Waals surface area contributed by atoms with Crippen molar-refractivity contribution in [1.82, 2.24) is 9.80 Å². The van der Waals surface area contributed by atoms with Crippen molar-refractivity contribution >= 4 is 12.0 Å². The number of carbonyl (C=O) groups is 2. The van der Waals surface area contributed by atoms with Crippen molar-refractivity contribution in [2.24, 2.45) is 11.8 Å². The van der Waals surface area contributed by atoms with Gasteiger partial charge in [-0.15, -0.1) is 0 Å². The number of amides is 2. The molecular weight excluding hydrogens is 330 g/mol. The number of allylic oxidation sites excluding steroid dienone is 2. The molecule has 0 spiro atoms. The van der Waals surface area contributed by atoms with Gasteiger partial charge in [0.1, 0.15) is 0 Å². The highest BCUT2D eigenvalue weighted by Gasteiger charge is 2.33. The first kappa shape index (κ1) is 19.2. The quantitative estimate of drug-likeness (QED) is 0.756. The van der Waals surface area contributed by atoms with Gasteiger partial charge in [0.2, 0.25) is 5.91 Å². The van der Waals surface area contributed by atoms with Gasteiger partial charge >= 0.3 is 6.09 Å². The molecule has 3 rings (SSSR count). The summed E-state index contributed by atoms with van der Waals surface area (Å²) < 4.78 is 5.04. The number of piperazine rings is 1. The molecule has 146 valence electrons. The second-order valence-electron chi connectivity index (χ2n) is 7.89. The fourth-order valence-electron chi connectivity index (χ4n) is 4.51. The molecular formula is C20H34N3O3+. The molecule has 2 fully saturated rings. The van der Waals surface area contributed by atoms with E-state index in [9.17, 15) is 9.59 Å². The molecule has 0 bridgehead atoms. The Hall–Kier alpha value is -1.56. The number of carbonyl (C=O) groups excluding carboxylic acids is 2. The molecule has 6 nitrogen and oxygen atoms in total. The monoisotopic (exact) mass is 364 g/mol. The van der Waals surface area contributed by atoms with Gasteiger partial charge in [0.05, 0.1) is 26.2 Å². The third-order valence-electron chi connectivity index (χ3n) is 6.11. The normalized spacial score (nSPS) is 29.5. The van der Waals surface area contributed by atoms with E-state index in [1.54, 1.807) is 9.80 Å². The predicted molar refractivity (Wildman–Crippen MR) is 99.9 cm³/mol. The summed E-state index contributed by atoms with van der Waals surface area (Å²) in [5.74, 6) is 1.31. The van der Waals surface area contributed by atoms with E-state index in [-0.39, 0.29) is 12.0 Å². The van der Waals surface area contributed by atoms with Crippen LogP contribution in [0.5, 0.6) is 0 Å². The summed E-state index contributed by atoms with van der Waals surface area (Å²) in [6.07, 6.45) is 10.2. The number of ether oxygens (including phenoxy) is 1. The molecule has 1 N–H and O–H groups in total. The lowest BCUT2D eigenvalue weighted by molar-refractivity contribution is -0.909. The zero-order valence-electron chi connectivity index (χ0n) is 16.1. The molecule has 0 aromatic heterocycles. The zero-order valence-corrected chi connectivity index (χ0v) is 16.1. The fourth-order valence-corrected chi connectivity index (χ4v) is 4.51. The minimum Gasteiger partial charge on any atom is -0.450 e. The Morgan fingerprint density at radius 1 is 1.04 bits per heavy atom. The van der Waals surface area contributed by atoms with Crippen molar-refractivity contribution in [2.45, 2.75) is 39.0 Å². The maximum Gasteiger partial charge on any atom is 0.409 e. The van der Waals surface area contributed by atoms with E-state index in [0.29, 0.717) is 38.7 Å². The molecule has 2 amide bonds. The Bertz CT molecular complexity index is 506. The zero-order chi connectivity index (χ0) is 18.4. The van der Waals surface area contributed by atoms with E-state index in [1.165, 1.54) is 25.8 Å². The highest BCUT2D eigenvalue weighted by molar-refractivity contribution is 5.79. The Morgan fingerprint density at radius 3 is 2.35 bits per heavy atom. The lowest BCUT2D eigenvalue weighted by Gasteiger charge is -2.37. The summed E-state index contributed by atoms with van der Waals surface area (Å²) in [5.41, 5.74) is 0. The number of piperidine rings is 1. The predicted octanol–water partition coefficient (Wildman–Crippen LogP) is 0.938. The smallest absolute Gasteiger partial charge is 0.409 e. The molecule has 0 saturated carbocycles. The summed E-state index contributed by atoms with van der Waals surface area (Å²) in [4.78, 5) is 29.9. The van der Waals surface area contributed by atoms with E-state index in [1.807, 2.05) is 11.8 Å². The van der Waals surface area contributed by atoms with Crippen LogP contribution in [0.25, 0.3) is 0 Å². The molecule has 1 aliphatic carbocycles. The van der Waals surface area contributed by atoms with E-state index in [2.05, 4.69) is 12.2 Å². The summed E-state index contributed by atoms with van der Waals surface area (Å²) in [6.45, 7) is 8.18. The molecule has 6 heteroatoms. The number of quaternary nitrogens is 1. The van der Waals surface area contributed by atoms with Crippen LogP contribution >= 0.6 is 0 Å². The maximum absolute atomic E-state index is 12.8. The van der Waals surface area contributed by atoms with Gasteiger partial charge in [-0.25, -0.2) is 4.79 Å². The second kappa shape index (κ2) is 9.40. The standard InChI is InChI=1S/C20H33N3O3/c1-2-26-20(25)23-14-12-22(13-15-23)19(24)18-8-10-21(11-9-18)16-17-6-4-3-5-7-17/h3-4,17-18H,2,5-16H2,1H3/p+1/t17-/m0/s1. The largest absolute Gasteiger partial charge is 0.450 e. The maximum atomic E-state index is 12.8. The van der Waals surface area contributed by atoms with Gasteiger partial charge < -0.3 is 19.4 Å². The van der Waals surface area contributed by atoms with E-state index < -0.39 is 0 Å². The second-order valence-corrected chi connectivity index (χ2v) is 7.89. The van der Waals surface area contributed by atoms with Crippen LogP contribution in [0.4, 0.5) is 4.79 Å². The summed E-state index contributed by atoms with van der Waals surface area (Å²) in [7, 11) is 0. The molecule has 1 atom stereocenters. The Balaban J connectivity index is 1.38.